The lowest BCUT2D eigenvalue weighted by molar-refractivity contribution is -0.0497. The zero-order chi connectivity index (χ0) is 20.1. The van der Waals surface area contributed by atoms with Gasteiger partial charge in [-0.3, -0.25) is 0 Å². The molecule has 8 heteroatoms. The lowest BCUT2D eigenvalue weighted by Crippen LogP contribution is -2.21. The lowest BCUT2D eigenvalue weighted by atomic mass is 9.97. The summed E-state index contributed by atoms with van der Waals surface area (Å²) in [5.41, 5.74) is 1.15. The molecule has 0 radical (unpaired) electrons. The number of hydrogen-bond donors (Lipinski definition) is 2. The van der Waals surface area contributed by atoms with Crippen LogP contribution in [0.15, 0.2) is 48.5 Å². The highest BCUT2D eigenvalue weighted by molar-refractivity contribution is 6.01. The smallest absolute Gasteiger partial charge is 0.387 e. The first-order chi connectivity index (χ1) is 13.5. The molecule has 3 rings (SSSR count). The average Bonchev–Trinajstić information content (AvgIpc) is 2.71. The van der Waals surface area contributed by atoms with E-state index in [4.69, 9.17) is 9.84 Å². The van der Waals surface area contributed by atoms with Gasteiger partial charge in [0.2, 0.25) is 5.88 Å². The third kappa shape index (κ3) is 4.17. The first kappa shape index (κ1) is 19.5. The van der Waals surface area contributed by atoms with E-state index >= 15 is 0 Å². The molecule has 144 valence electrons. The number of nitriles is 1. The maximum Gasteiger partial charge on any atom is 0.387 e. The molecule has 0 saturated carbocycles. The standard InChI is InChI=1S/C20H16F2N2O4/c21-20(22)28-14-6-7-15-16(8-14)18(12-4-2-1-3-5-12)17(9-23)24-19(15)27-11-13(26)10-25/h1-8,13,20,25-26H,10-11H2. The fraction of sp³-hybridized carbons (Fsp3) is 0.200. The van der Waals surface area contributed by atoms with E-state index in [9.17, 15) is 19.1 Å². The molecule has 0 bridgehead atoms. The lowest BCUT2D eigenvalue weighted by Gasteiger charge is -2.16. The van der Waals surface area contributed by atoms with Gasteiger partial charge >= 0.3 is 6.61 Å². The van der Waals surface area contributed by atoms with Gasteiger partial charge in [0.25, 0.3) is 0 Å². The van der Waals surface area contributed by atoms with Crippen molar-refractivity contribution in [3.05, 3.63) is 54.2 Å². The van der Waals surface area contributed by atoms with Crippen LogP contribution < -0.4 is 9.47 Å². The Bertz CT molecular complexity index is 1010. The molecule has 1 atom stereocenters. The quantitative estimate of drug-likeness (QED) is 0.648. The monoisotopic (exact) mass is 386 g/mol. The van der Waals surface area contributed by atoms with Crippen LogP contribution in [0.25, 0.3) is 21.9 Å². The van der Waals surface area contributed by atoms with Crippen molar-refractivity contribution in [3.8, 4) is 28.8 Å². The van der Waals surface area contributed by atoms with E-state index in [1.807, 2.05) is 12.1 Å². The first-order valence-corrected chi connectivity index (χ1v) is 8.33. The number of hydrogen-bond acceptors (Lipinski definition) is 6. The zero-order valence-corrected chi connectivity index (χ0v) is 14.5. The van der Waals surface area contributed by atoms with Crippen molar-refractivity contribution < 1.29 is 28.5 Å². The number of aromatic nitrogens is 1. The molecule has 28 heavy (non-hydrogen) atoms. The Morgan fingerprint density at radius 2 is 1.86 bits per heavy atom. The number of rotatable bonds is 7. The van der Waals surface area contributed by atoms with Crippen molar-refractivity contribution in [2.75, 3.05) is 13.2 Å². The summed E-state index contributed by atoms with van der Waals surface area (Å²) in [6.07, 6.45) is -1.13. The van der Waals surface area contributed by atoms with Gasteiger partial charge in [0, 0.05) is 16.3 Å². The minimum absolute atomic E-state index is 0.0291. The second kappa shape index (κ2) is 8.61. The normalized spacial score (nSPS) is 12.0. The zero-order valence-electron chi connectivity index (χ0n) is 14.5. The van der Waals surface area contributed by atoms with Crippen molar-refractivity contribution >= 4 is 10.8 Å². The first-order valence-electron chi connectivity index (χ1n) is 8.33. The number of benzene rings is 2. The van der Waals surface area contributed by atoms with E-state index in [-0.39, 0.29) is 23.9 Å². The predicted octanol–water partition coefficient (Wildman–Crippen LogP) is 3.11. The molecule has 0 aliphatic heterocycles. The van der Waals surface area contributed by atoms with Crippen molar-refractivity contribution in [2.24, 2.45) is 0 Å². The van der Waals surface area contributed by atoms with Gasteiger partial charge in [-0.25, -0.2) is 4.98 Å². The third-order valence-electron chi connectivity index (χ3n) is 3.96. The minimum Gasteiger partial charge on any atom is -0.474 e. The second-order valence-electron chi connectivity index (χ2n) is 5.85. The number of fused-ring (bicyclic) bond motifs is 1. The number of aliphatic hydroxyl groups is 2. The van der Waals surface area contributed by atoms with Gasteiger partial charge in [-0.1, -0.05) is 30.3 Å². The molecule has 1 heterocycles. The number of nitrogens with zero attached hydrogens (tertiary/aromatic N) is 2. The second-order valence-corrected chi connectivity index (χ2v) is 5.85. The van der Waals surface area contributed by atoms with Crippen molar-refractivity contribution in [1.82, 2.24) is 4.98 Å². The van der Waals surface area contributed by atoms with E-state index in [0.29, 0.717) is 21.9 Å². The number of aliphatic hydroxyl groups excluding tert-OH is 2. The Morgan fingerprint density at radius 3 is 2.50 bits per heavy atom. The van der Waals surface area contributed by atoms with Crippen LogP contribution in [0.2, 0.25) is 0 Å². The number of halogens is 2. The van der Waals surface area contributed by atoms with Crippen LogP contribution in [0.4, 0.5) is 8.78 Å². The van der Waals surface area contributed by atoms with Gasteiger partial charge in [0.15, 0.2) is 5.69 Å². The van der Waals surface area contributed by atoms with Crippen LogP contribution in [0.3, 0.4) is 0 Å². The van der Waals surface area contributed by atoms with Gasteiger partial charge in [0.05, 0.1) is 6.61 Å². The highest BCUT2D eigenvalue weighted by atomic mass is 19.3. The van der Waals surface area contributed by atoms with Crippen LogP contribution in [-0.4, -0.2) is 41.1 Å². The summed E-state index contributed by atoms with van der Waals surface area (Å²) in [6.45, 7) is -3.74. The molecule has 3 aromatic rings. The molecule has 0 aliphatic rings. The average molecular weight is 386 g/mol. The van der Waals surface area contributed by atoms with Crippen LogP contribution in [0.1, 0.15) is 5.69 Å². The number of pyridine rings is 1. The van der Waals surface area contributed by atoms with Crippen LogP contribution >= 0.6 is 0 Å². The molecule has 0 spiro atoms. The Hall–Kier alpha value is -3.28. The number of ether oxygens (including phenoxy) is 2. The summed E-state index contributed by atoms with van der Waals surface area (Å²) < 4.78 is 35.3. The van der Waals surface area contributed by atoms with Gasteiger partial charge < -0.3 is 19.7 Å². The molecular formula is C20H16F2N2O4. The van der Waals surface area contributed by atoms with Gasteiger partial charge in [-0.2, -0.15) is 14.0 Å². The Morgan fingerprint density at radius 1 is 1.11 bits per heavy atom. The number of alkyl halides is 2. The van der Waals surface area contributed by atoms with E-state index in [1.54, 1.807) is 24.3 Å². The highest BCUT2D eigenvalue weighted by Gasteiger charge is 2.18. The fourth-order valence-electron chi connectivity index (χ4n) is 2.75. The molecule has 2 N–H and O–H groups in total. The van der Waals surface area contributed by atoms with E-state index in [2.05, 4.69) is 9.72 Å². The van der Waals surface area contributed by atoms with E-state index < -0.39 is 19.3 Å². The Kier molecular flexibility index (Phi) is 5.99. The summed E-state index contributed by atoms with van der Waals surface area (Å²) in [7, 11) is 0. The van der Waals surface area contributed by atoms with Crippen LogP contribution in [0, 0.1) is 11.3 Å². The molecule has 1 unspecified atom stereocenters. The highest BCUT2D eigenvalue weighted by Crippen LogP contribution is 2.37. The van der Waals surface area contributed by atoms with Crippen LogP contribution in [-0.2, 0) is 0 Å². The molecular weight excluding hydrogens is 370 g/mol. The van der Waals surface area contributed by atoms with Crippen molar-refractivity contribution in [3.63, 3.8) is 0 Å². The summed E-state index contributed by atoms with van der Waals surface area (Å²) in [6, 6.07) is 15.1. The molecule has 0 amide bonds. The molecule has 6 nitrogen and oxygen atoms in total. The fourth-order valence-corrected chi connectivity index (χ4v) is 2.75. The van der Waals surface area contributed by atoms with Crippen molar-refractivity contribution in [2.45, 2.75) is 12.7 Å². The Balaban J connectivity index is 2.23. The topological polar surface area (TPSA) is 95.6 Å². The summed E-state index contributed by atoms with van der Waals surface area (Å²) in [4.78, 5) is 4.23. The predicted molar refractivity (Wildman–Crippen MR) is 97.1 cm³/mol. The van der Waals surface area contributed by atoms with Crippen LogP contribution in [0.5, 0.6) is 11.6 Å². The van der Waals surface area contributed by atoms with Crippen molar-refractivity contribution in [1.29, 1.82) is 5.26 Å². The Labute approximate surface area is 159 Å². The molecule has 0 aliphatic carbocycles. The molecule has 0 fully saturated rings. The molecule has 1 aromatic heterocycles. The van der Waals surface area contributed by atoms with Gasteiger partial charge in [-0.05, 0) is 23.8 Å². The van der Waals surface area contributed by atoms with E-state index in [0.717, 1.165) is 0 Å². The SMILES string of the molecule is N#Cc1nc(OCC(O)CO)c2ccc(OC(F)F)cc2c1-c1ccccc1. The summed E-state index contributed by atoms with van der Waals surface area (Å²) in [5, 5.41) is 28.9. The minimum atomic E-state index is -3.00. The molecule has 0 saturated heterocycles. The summed E-state index contributed by atoms with van der Waals surface area (Å²) in [5.74, 6) is -0.0292. The maximum absolute atomic E-state index is 12.7. The third-order valence-corrected chi connectivity index (χ3v) is 3.96. The maximum atomic E-state index is 12.7. The molecule has 2 aromatic carbocycles. The van der Waals surface area contributed by atoms with E-state index in [1.165, 1.54) is 18.2 Å². The summed E-state index contributed by atoms with van der Waals surface area (Å²) >= 11 is 0. The largest absolute Gasteiger partial charge is 0.474 e. The van der Waals surface area contributed by atoms with Gasteiger partial charge in [-0.15, -0.1) is 0 Å². The van der Waals surface area contributed by atoms with Gasteiger partial charge in [0.1, 0.15) is 24.5 Å².